The van der Waals surface area contributed by atoms with Crippen LogP contribution in [-0.4, -0.2) is 36.0 Å². The second-order valence-electron chi connectivity index (χ2n) is 7.48. The maximum atomic E-state index is 12.8. The summed E-state index contributed by atoms with van der Waals surface area (Å²) in [4.78, 5) is 14.8. The van der Waals surface area contributed by atoms with Crippen molar-refractivity contribution in [1.29, 1.82) is 0 Å². The molecule has 27 heavy (non-hydrogen) atoms. The Hall–Kier alpha value is -2.04. The Kier molecular flexibility index (Phi) is 6.40. The van der Waals surface area contributed by atoms with Crippen LogP contribution in [0, 0.1) is 0 Å². The summed E-state index contributed by atoms with van der Waals surface area (Å²) in [6.07, 6.45) is 4.64. The molecule has 0 spiro atoms. The monoisotopic (exact) mass is 386 g/mol. The van der Waals surface area contributed by atoms with Crippen molar-refractivity contribution in [3.8, 4) is 5.75 Å². The van der Waals surface area contributed by atoms with Crippen molar-refractivity contribution >= 4 is 18.3 Å². The molecular weight excluding hydrogens is 360 g/mol. The average molecular weight is 387 g/mol. The number of nitrogens with one attached hydrogen (secondary N) is 1. The van der Waals surface area contributed by atoms with E-state index in [1.807, 2.05) is 66.5 Å². The van der Waals surface area contributed by atoms with Gasteiger partial charge in [-0.25, -0.2) is 0 Å². The minimum Gasteiger partial charge on any atom is -0.489 e. The lowest BCUT2D eigenvalue weighted by atomic mass is 9.98. The Bertz CT molecular complexity index is 739. The van der Waals surface area contributed by atoms with Gasteiger partial charge < -0.3 is 15.0 Å². The van der Waals surface area contributed by atoms with E-state index in [0.717, 1.165) is 29.7 Å². The van der Waals surface area contributed by atoms with Crippen LogP contribution < -0.4 is 10.1 Å². The fourth-order valence-electron chi connectivity index (χ4n) is 4.14. The topological polar surface area (TPSA) is 41.6 Å². The molecule has 2 aliphatic heterocycles. The van der Waals surface area contributed by atoms with Crippen LogP contribution in [-0.2, 0) is 6.61 Å². The normalized spacial score (nSPS) is 23.4. The fraction of sp³-hybridized carbons (Fsp3) is 0.409. The third-order valence-corrected chi connectivity index (χ3v) is 5.67. The Morgan fingerprint density at radius 2 is 1.67 bits per heavy atom. The summed E-state index contributed by atoms with van der Waals surface area (Å²) in [5.74, 6) is 0.972. The number of carbonyl (C=O) groups is 1. The second-order valence-corrected chi connectivity index (χ2v) is 7.48. The van der Waals surface area contributed by atoms with Gasteiger partial charge >= 0.3 is 0 Å². The first-order chi connectivity index (χ1) is 12.7. The van der Waals surface area contributed by atoms with E-state index in [-0.39, 0.29) is 18.3 Å². The Labute approximate surface area is 167 Å². The number of halogens is 1. The zero-order valence-corrected chi connectivity index (χ0v) is 16.5. The molecule has 0 aliphatic carbocycles. The van der Waals surface area contributed by atoms with Crippen molar-refractivity contribution in [1.82, 2.24) is 10.2 Å². The van der Waals surface area contributed by atoms with E-state index < -0.39 is 0 Å². The standard InChI is InChI=1S/C22H26N2O2.ClH/c1-24(20-13-18-11-12-19(14-20)23-18)22(25)17-9-7-16(8-10-17)15-26-21-5-3-2-4-6-21;/h2-10,18-20,23H,11-15H2,1H3;1H. The molecule has 0 aromatic heterocycles. The molecule has 1 amide bonds. The molecular formula is C22H27ClN2O2. The van der Waals surface area contributed by atoms with Gasteiger partial charge in [-0.05, 0) is 55.5 Å². The summed E-state index contributed by atoms with van der Waals surface area (Å²) < 4.78 is 5.76. The largest absolute Gasteiger partial charge is 0.489 e. The zero-order chi connectivity index (χ0) is 17.9. The van der Waals surface area contributed by atoms with Crippen molar-refractivity contribution in [2.24, 2.45) is 0 Å². The van der Waals surface area contributed by atoms with Crippen LogP contribution >= 0.6 is 12.4 Å². The first kappa shape index (κ1) is 19.7. The minimum atomic E-state index is 0. The van der Waals surface area contributed by atoms with Gasteiger partial charge in [0.2, 0.25) is 0 Å². The Morgan fingerprint density at radius 3 is 2.30 bits per heavy atom. The number of hydrogen-bond acceptors (Lipinski definition) is 3. The van der Waals surface area contributed by atoms with Gasteiger partial charge in [-0.1, -0.05) is 30.3 Å². The maximum Gasteiger partial charge on any atom is 0.253 e. The van der Waals surface area contributed by atoms with Gasteiger partial charge in [0, 0.05) is 30.7 Å². The highest BCUT2D eigenvalue weighted by Gasteiger charge is 2.36. The summed E-state index contributed by atoms with van der Waals surface area (Å²) in [7, 11) is 1.95. The number of rotatable bonds is 5. The highest BCUT2D eigenvalue weighted by atomic mass is 35.5. The molecule has 2 bridgehead atoms. The lowest BCUT2D eigenvalue weighted by Crippen LogP contribution is -2.48. The summed E-state index contributed by atoms with van der Waals surface area (Å²) in [5, 5.41) is 3.64. The minimum absolute atomic E-state index is 0. The van der Waals surface area contributed by atoms with Gasteiger partial charge in [0.05, 0.1) is 0 Å². The van der Waals surface area contributed by atoms with Gasteiger partial charge in [0.25, 0.3) is 5.91 Å². The molecule has 2 aromatic rings. The first-order valence-electron chi connectivity index (χ1n) is 9.49. The summed E-state index contributed by atoms with van der Waals surface area (Å²) in [6, 6.07) is 19.1. The zero-order valence-electron chi connectivity index (χ0n) is 15.6. The third kappa shape index (κ3) is 4.63. The van der Waals surface area contributed by atoms with Gasteiger partial charge in [0.1, 0.15) is 12.4 Å². The number of nitrogens with zero attached hydrogens (tertiary/aromatic N) is 1. The molecule has 0 saturated carbocycles. The summed E-state index contributed by atoms with van der Waals surface area (Å²) >= 11 is 0. The van der Waals surface area contributed by atoms with Crippen LogP contribution in [0.5, 0.6) is 5.75 Å². The van der Waals surface area contributed by atoms with Gasteiger partial charge in [0.15, 0.2) is 0 Å². The Balaban J connectivity index is 0.00000210. The van der Waals surface area contributed by atoms with Crippen LogP contribution in [0.4, 0.5) is 0 Å². The second kappa shape index (κ2) is 8.77. The molecule has 2 saturated heterocycles. The van der Waals surface area contributed by atoms with Gasteiger partial charge in [-0.15, -0.1) is 12.4 Å². The van der Waals surface area contributed by atoms with E-state index >= 15 is 0 Å². The number of amides is 1. The van der Waals surface area contributed by atoms with Crippen LogP contribution in [0.1, 0.15) is 41.6 Å². The fourth-order valence-corrected chi connectivity index (χ4v) is 4.14. The molecule has 2 aromatic carbocycles. The third-order valence-electron chi connectivity index (χ3n) is 5.67. The molecule has 2 heterocycles. The van der Waals surface area contributed by atoms with E-state index in [9.17, 15) is 4.79 Å². The van der Waals surface area contributed by atoms with E-state index in [1.54, 1.807) is 0 Å². The van der Waals surface area contributed by atoms with Crippen molar-refractivity contribution in [2.45, 2.75) is 50.4 Å². The number of benzene rings is 2. The van der Waals surface area contributed by atoms with Crippen molar-refractivity contribution in [2.75, 3.05) is 7.05 Å². The lowest BCUT2D eigenvalue weighted by Gasteiger charge is -2.35. The number of piperidine rings is 1. The van der Waals surface area contributed by atoms with E-state index in [4.69, 9.17) is 4.74 Å². The van der Waals surface area contributed by atoms with Crippen molar-refractivity contribution < 1.29 is 9.53 Å². The quantitative estimate of drug-likeness (QED) is 0.843. The smallest absolute Gasteiger partial charge is 0.253 e. The molecule has 4 nitrogen and oxygen atoms in total. The highest BCUT2D eigenvalue weighted by Crippen LogP contribution is 2.29. The molecule has 2 atom stereocenters. The van der Waals surface area contributed by atoms with Crippen LogP contribution in [0.25, 0.3) is 0 Å². The highest BCUT2D eigenvalue weighted by molar-refractivity contribution is 5.94. The van der Waals surface area contributed by atoms with Crippen LogP contribution in [0.3, 0.4) is 0 Å². The van der Waals surface area contributed by atoms with Crippen molar-refractivity contribution in [3.05, 3.63) is 65.7 Å². The number of para-hydroxylation sites is 1. The van der Waals surface area contributed by atoms with Crippen molar-refractivity contribution in [3.63, 3.8) is 0 Å². The van der Waals surface area contributed by atoms with Crippen LogP contribution in [0.2, 0.25) is 0 Å². The molecule has 0 radical (unpaired) electrons. The van der Waals surface area contributed by atoms with E-state index in [2.05, 4.69) is 5.32 Å². The average Bonchev–Trinajstić information content (AvgIpc) is 3.04. The summed E-state index contributed by atoms with van der Waals surface area (Å²) in [5.41, 5.74) is 1.81. The molecule has 1 N–H and O–H groups in total. The van der Waals surface area contributed by atoms with Crippen LogP contribution in [0.15, 0.2) is 54.6 Å². The predicted octanol–water partition coefficient (Wildman–Crippen LogP) is 4.04. The Morgan fingerprint density at radius 1 is 1.04 bits per heavy atom. The van der Waals surface area contributed by atoms with Gasteiger partial charge in [-0.2, -0.15) is 0 Å². The lowest BCUT2D eigenvalue weighted by molar-refractivity contribution is 0.0681. The number of fused-ring (bicyclic) bond motifs is 2. The molecule has 144 valence electrons. The maximum absolute atomic E-state index is 12.8. The number of carbonyl (C=O) groups excluding carboxylic acids is 1. The molecule has 2 fully saturated rings. The molecule has 2 unspecified atom stereocenters. The number of ether oxygens (including phenoxy) is 1. The molecule has 2 aliphatic rings. The summed E-state index contributed by atoms with van der Waals surface area (Å²) in [6.45, 7) is 0.506. The van der Waals surface area contributed by atoms with E-state index in [1.165, 1.54) is 12.8 Å². The molecule has 4 rings (SSSR count). The first-order valence-corrected chi connectivity index (χ1v) is 9.49. The SMILES string of the molecule is CN(C(=O)c1ccc(COc2ccccc2)cc1)C1CC2CCC(C1)N2.Cl. The number of hydrogen-bond donors (Lipinski definition) is 1. The molecule has 5 heteroatoms. The predicted molar refractivity (Wildman–Crippen MR) is 110 cm³/mol. The van der Waals surface area contributed by atoms with Gasteiger partial charge in [-0.3, -0.25) is 4.79 Å². The van der Waals surface area contributed by atoms with E-state index in [0.29, 0.717) is 24.7 Å².